The maximum atomic E-state index is 12.9. The van der Waals surface area contributed by atoms with Crippen LogP contribution in [0.5, 0.6) is 17.2 Å². The summed E-state index contributed by atoms with van der Waals surface area (Å²) in [6, 6.07) is 17.1. The summed E-state index contributed by atoms with van der Waals surface area (Å²) in [4.78, 5) is 25.0. The Balaban J connectivity index is 1.47. The summed E-state index contributed by atoms with van der Waals surface area (Å²) in [7, 11) is 0. The lowest BCUT2D eigenvalue weighted by Gasteiger charge is -2.12. The van der Waals surface area contributed by atoms with Gasteiger partial charge >= 0.3 is 0 Å². The van der Waals surface area contributed by atoms with Crippen LogP contribution in [0.2, 0.25) is 0 Å². The molecule has 158 valence electrons. The van der Waals surface area contributed by atoms with Gasteiger partial charge in [0.25, 0.3) is 5.91 Å². The molecule has 0 bridgehead atoms. The van der Waals surface area contributed by atoms with Crippen molar-refractivity contribution >= 4 is 16.9 Å². The van der Waals surface area contributed by atoms with Crippen LogP contribution >= 0.6 is 0 Å². The van der Waals surface area contributed by atoms with Crippen molar-refractivity contribution in [3.8, 4) is 17.2 Å². The molecule has 7 nitrogen and oxygen atoms in total. The van der Waals surface area contributed by atoms with E-state index in [1.807, 2.05) is 25.1 Å². The second-order valence-electron chi connectivity index (χ2n) is 6.98. The Bertz CT molecular complexity index is 1240. The number of nitrogens with one attached hydrogen (secondary N) is 1. The van der Waals surface area contributed by atoms with E-state index in [1.54, 1.807) is 55.7 Å². The zero-order valence-corrected chi connectivity index (χ0v) is 17.1. The zero-order chi connectivity index (χ0) is 21.8. The molecule has 0 aliphatic rings. The molecule has 0 fully saturated rings. The Hall–Kier alpha value is -4.00. The van der Waals surface area contributed by atoms with Crippen LogP contribution < -0.4 is 20.2 Å². The van der Waals surface area contributed by atoms with E-state index in [-0.39, 0.29) is 29.7 Å². The summed E-state index contributed by atoms with van der Waals surface area (Å²) in [5, 5.41) is 3.15. The van der Waals surface area contributed by atoms with Crippen molar-refractivity contribution in [3.05, 3.63) is 88.7 Å². The van der Waals surface area contributed by atoms with Crippen LogP contribution in [0.25, 0.3) is 11.0 Å². The topological polar surface area (TPSA) is 90.9 Å². The third kappa shape index (κ3) is 4.61. The van der Waals surface area contributed by atoms with Crippen molar-refractivity contribution in [2.45, 2.75) is 19.9 Å². The van der Waals surface area contributed by atoms with Crippen LogP contribution in [0.1, 0.15) is 24.5 Å². The lowest BCUT2D eigenvalue weighted by molar-refractivity contribution is -0.123. The zero-order valence-electron chi connectivity index (χ0n) is 17.1. The summed E-state index contributed by atoms with van der Waals surface area (Å²) in [6.45, 7) is 3.30. The minimum absolute atomic E-state index is 0.138. The molecule has 2 aromatic carbocycles. The molecular weight excluding hydrogens is 398 g/mol. The monoisotopic (exact) mass is 419 g/mol. The van der Waals surface area contributed by atoms with Crippen molar-refractivity contribution in [2.24, 2.45) is 0 Å². The third-order valence-corrected chi connectivity index (χ3v) is 4.67. The van der Waals surface area contributed by atoms with Gasteiger partial charge in [-0.15, -0.1) is 0 Å². The number of rotatable bonds is 7. The van der Waals surface area contributed by atoms with Gasteiger partial charge in [-0.1, -0.05) is 18.2 Å². The molecule has 0 spiro atoms. The highest BCUT2D eigenvalue weighted by molar-refractivity contribution is 5.80. The molecule has 0 saturated carbocycles. The van der Waals surface area contributed by atoms with Gasteiger partial charge in [-0.3, -0.25) is 9.59 Å². The lowest BCUT2D eigenvalue weighted by atomic mass is 10.2. The number of para-hydroxylation sites is 1. The van der Waals surface area contributed by atoms with Gasteiger partial charge in [0.15, 0.2) is 6.61 Å². The molecule has 4 aromatic rings. The largest absolute Gasteiger partial charge is 0.484 e. The van der Waals surface area contributed by atoms with Gasteiger partial charge in [-0.2, -0.15) is 0 Å². The minimum Gasteiger partial charge on any atom is -0.484 e. The Labute approximate surface area is 178 Å². The van der Waals surface area contributed by atoms with Crippen LogP contribution in [0.4, 0.5) is 0 Å². The molecule has 0 radical (unpaired) electrons. The van der Waals surface area contributed by atoms with E-state index in [9.17, 15) is 9.59 Å². The van der Waals surface area contributed by atoms with E-state index in [0.29, 0.717) is 34.0 Å². The molecular formula is C24H21NO6. The Morgan fingerprint density at radius 2 is 1.87 bits per heavy atom. The number of hydrogen-bond donors (Lipinski definition) is 1. The molecule has 2 heterocycles. The molecule has 0 saturated heterocycles. The van der Waals surface area contributed by atoms with Crippen LogP contribution in [-0.2, 0) is 4.79 Å². The first-order chi connectivity index (χ1) is 15.0. The number of carbonyl (C=O) groups excluding carboxylic acids is 1. The summed E-state index contributed by atoms with van der Waals surface area (Å²) >= 11 is 0. The maximum absolute atomic E-state index is 12.9. The first-order valence-corrected chi connectivity index (χ1v) is 9.77. The normalized spacial score (nSPS) is 11.8. The van der Waals surface area contributed by atoms with Gasteiger partial charge in [0.1, 0.15) is 28.6 Å². The second-order valence-corrected chi connectivity index (χ2v) is 6.98. The number of amides is 1. The smallest absolute Gasteiger partial charge is 0.258 e. The van der Waals surface area contributed by atoms with E-state index in [4.69, 9.17) is 18.3 Å². The Morgan fingerprint density at radius 1 is 1.06 bits per heavy atom. The highest BCUT2D eigenvalue weighted by Crippen LogP contribution is 2.27. The molecule has 0 aliphatic carbocycles. The average Bonchev–Trinajstić information content (AvgIpc) is 3.31. The molecule has 1 amide bonds. The van der Waals surface area contributed by atoms with Crippen LogP contribution in [-0.4, -0.2) is 12.5 Å². The molecule has 4 rings (SSSR count). The molecule has 31 heavy (non-hydrogen) atoms. The number of hydrogen-bond acceptors (Lipinski definition) is 6. The average molecular weight is 419 g/mol. The fraction of sp³-hybridized carbons (Fsp3) is 0.167. The van der Waals surface area contributed by atoms with E-state index in [1.165, 1.54) is 0 Å². The first kappa shape index (κ1) is 20.3. The molecule has 7 heteroatoms. The van der Waals surface area contributed by atoms with Crippen LogP contribution in [0.3, 0.4) is 0 Å². The van der Waals surface area contributed by atoms with Crippen molar-refractivity contribution in [1.29, 1.82) is 0 Å². The predicted octanol–water partition coefficient (Wildman–Crippen LogP) is 4.74. The molecule has 1 N–H and O–H groups in total. The summed E-state index contributed by atoms with van der Waals surface area (Å²) in [6.07, 6.45) is 1.55. The molecule has 0 aliphatic heterocycles. The Kier molecular flexibility index (Phi) is 5.75. The van der Waals surface area contributed by atoms with E-state index in [0.717, 1.165) is 0 Å². The Morgan fingerprint density at radius 3 is 2.61 bits per heavy atom. The van der Waals surface area contributed by atoms with Crippen molar-refractivity contribution < 1.29 is 23.1 Å². The fourth-order valence-electron chi connectivity index (χ4n) is 3.12. The number of carbonyl (C=O) groups is 1. The first-order valence-electron chi connectivity index (χ1n) is 9.77. The summed E-state index contributed by atoms with van der Waals surface area (Å²) in [5.74, 6) is 1.81. The lowest BCUT2D eigenvalue weighted by Crippen LogP contribution is -2.31. The summed E-state index contributed by atoms with van der Waals surface area (Å²) in [5.41, 5.74) is 0.0731. The van der Waals surface area contributed by atoms with Gasteiger partial charge in [-0.05, 0) is 50.2 Å². The highest BCUT2D eigenvalue weighted by atomic mass is 16.5. The molecule has 0 unspecified atom stereocenters. The molecule has 1 atom stereocenters. The number of benzene rings is 2. The third-order valence-electron chi connectivity index (χ3n) is 4.67. The maximum Gasteiger partial charge on any atom is 0.258 e. The molecule has 2 aromatic heterocycles. The van der Waals surface area contributed by atoms with Gasteiger partial charge < -0.3 is 23.6 Å². The van der Waals surface area contributed by atoms with Gasteiger partial charge in [-0.25, -0.2) is 0 Å². The predicted molar refractivity (Wildman–Crippen MR) is 114 cm³/mol. The number of furan rings is 1. The van der Waals surface area contributed by atoms with E-state index < -0.39 is 0 Å². The number of ether oxygens (including phenoxy) is 2. The van der Waals surface area contributed by atoms with Crippen LogP contribution in [0, 0.1) is 6.92 Å². The summed E-state index contributed by atoms with van der Waals surface area (Å²) < 4.78 is 22.3. The fourth-order valence-corrected chi connectivity index (χ4v) is 3.12. The number of aryl methyl sites for hydroxylation is 1. The quantitative estimate of drug-likeness (QED) is 0.465. The number of fused-ring (bicyclic) bond motifs is 1. The van der Waals surface area contributed by atoms with Crippen molar-refractivity contribution in [2.75, 3.05) is 6.61 Å². The van der Waals surface area contributed by atoms with Crippen LogP contribution in [0.15, 0.2) is 80.6 Å². The van der Waals surface area contributed by atoms with E-state index in [2.05, 4.69) is 5.32 Å². The van der Waals surface area contributed by atoms with Crippen molar-refractivity contribution in [3.63, 3.8) is 0 Å². The SMILES string of the molecule is Cc1oc2cc(OCC(=O)N[C@H](C)c3ccco3)ccc2c(=O)c1Oc1ccccc1. The standard InChI is InChI=1S/C24H21NO6/c1-15(20-9-6-12-28-20)25-22(26)14-29-18-10-11-19-21(13-18)30-16(2)24(23(19)27)31-17-7-4-3-5-8-17/h3-13,15H,14H2,1-2H3,(H,25,26)/t15-/m1/s1. The van der Waals surface area contributed by atoms with E-state index >= 15 is 0 Å². The minimum atomic E-state index is -0.298. The second kappa shape index (κ2) is 8.79. The van der Waals surface area contributed by atoms with Gasteiger partial charge in [0, 0.05) is 6.07 Å². The van der Waals surface area contributed by atoms with Gasteiger partial charge in [0.2, 0.25) is 11.2 Å². The van der Waals surface area contributed by atoms with Gasteiger partial charge in [0.05, 0.1) is 17.7 Å². The van der Waals surface area contributed by atoms with Crippen molar-refractivity contribution in [1.82, 2.24) is 5.32 Å². The highest BCUT2D eigenvalue weighted by Gasteiger charge is 2.16.